The van der Waals surface area contributed by atoms with E-state index in [1.807, 2.05) is 20.9 Å². The maximum absolute atomic E-state index is 4.52. The third-order valence-corrected chi connectivity index (χ3v) is 4.09. The highest BCUT2D eigenvalue weighted by Gasteiger charge is 2.14. The van der Waals surface area contributed by atoms with E-state index >= 15 is 0 Å². The number of anilines is 2. The minimum Gasteiger partial charge on any atom is -0.373 e. The molecule has 0 saturated carbocycles. The van der Waals surface area contributed by atoms with Crippen LogP contribution in [0.2, 0.25) is 0 Å². The van der Waals surface area contributed by atoms with Gasteiger partial charge in [-0.3, -0.25) is 0 Å². The van der Waals surface area contributed by atoms with Crippen LogP contribution in [0, 0.1) is 13.8 Å². The van der Waals surface area contributed by atoms with Gasteiger partial charge in [-0.2, -0.15) is 0 Å². The maximum Gasteiger partial charge on any atom is 0.135 e. The average molecular weight is 276 g/mol. The smallest absolute Gasteiger partial charge is 0.135 e. The van der Waals surface area contributed by atoms with E-state index in [9.17, 15) is 0 Å². The predicted octanol–water partition coefficient (Wildman–Crippen LogP) is 3.76. The number of nitrogens with zero attached hydrogens (tertiary/aromatic N) is 2. The molecule has 2 heterocycles. The Kier molecular flexibility index (Phi) is 4.37. The van der Waals surface area contributed by atoms with Crippen molar-refractivity contribution in [1.82, 2.24) is 9.97 Å². The molecule has 0 spiro atoms. The molecule has 0 aliphatic heterocycles. The van der Waals surface area contributed by atoms with Gasteiger partial charge in [-0.1, -0.05) is 13.0 Å². The number of nitrogens with one attached hydrogen (secondary N) is 2. The van der Waals surface area contributed by atoms with Crippen LogP contribution in [0.5, 0.6) is 0 Å². The second kappa shape index (κ2) is 6.02. The zero-order valence-electron chi connectivity index (χ0n) is 11.8. The lowest BCUT2D eigenvalue weighted by Crippen LogP contribution is -2.13. The minimum absolute atomic E-state index is 0.303. The zero-order chi connectivity index (χ0) is 13.8. The van der Waals surface area contributed by atoms with Crippen molar-refractivity contribution < 1.29 is 0 Å². The lowest BCUT2D eigenvalue weighted by Gasteiger charge is -2.19. The molecule has 1 unspecified atom stereocenters. The molecule has 0 aliphatic rings. The van der Waals surface area contributed by atoms with Gasteiger partial charge in [-0.15, -0.1) is 11.3 Å². The van der Waals surface area contributed by atoms with Gasteiger partial charge in [-0.25, -0.2) is 9.97 Å². The molecule has 4 nitrogen and oxygen atoms in total. The average Bonchev–Trinajstić information content (AvgIpc) is 2.93. The molecule has 5 heteroatoms. The molecule has 0 radical (unpaired) electrons. The fourth-order valence-electron chi connectivity index (χ4n) is 2.04. The normalized spacial score (nSPS) is 12.2. The minimum atomic E-state index is 0.303. The molecular weight excluding hydrogens is 256 g/mol. The summed E-state index contributed by atoms with van der Waals surface area (Å²) in [5, 5.41) is 8.76. The molecule has 2 rings (SSSR count). The highest BCUT2D eigenvalue weighted by Crippen LogP contribution is 2.28. The first kappa shape index (κ1) is 13.8. The van der Waals surface area contributed by atoms with Gasteiger partial charge in [0.1, 0.15) is 17.5 Å². The van der Waals surface area contributed by atoms with Crippen LogP contribution in [-0.4, -0.2) is 17.0 Å². The SMILES string of the molecule is CCC(Nc1nc(C)nc(NC)c1C)c1cccs1. The molecule has 0 aromatic carbocycles. The standard InChI is InChI=1S/C14H20N4S/c1-5-11(12-7-6-8-19-12)18-14-9(2)13(15-4)16-10(3)17-14/h6-8,11H,5H2,1-4H3,(H2,15,16,17,18). The lowest BCUT2D eigenvalue weighted by atomic mass is 10.1. The van der Waals surface area contributed by atoms with Crippen molar-refractivity contribution in [2.24, 2.45) is 0 Å². The van der Waals surface area contributed by atoms with Crippen LogP contribution in [0.4, 0.5) is 11.6 Å². The fraction of sp³-hybridized carbons (Fsp3) is 0.429. The second-order valence-electron chi connectivity index (χ2n) is 4.46. The number of hydrogen-bond donors (Lipinski definition) is 2. The van der Waals surface area contributed by atoms with Gasteiger partial charge < -0.3 is 10.6 Å². The van der Waals surface area contributed by atoms with E-state index < -0.39 is 0 Å². The van der Waals surface area contributed by atoms with Gasteiger partial charge in [0.05, 0.1) is 6.04 Å². The lowest BCUT2D eigenvalue weighted by molar-refractivity contribution is 0.755. The van der Waals surface area contributed by atoms with Gasteiger partial charge in [-0.05, 0) is 31.7 Å². The number of aryl methyl sites for hydroxylation is 1. The van der Waals surface area contributed by atoms with Gasteiger partial charge in [0.15, 0.2) is 0 Å². The van der Waals surface area contributed by atoms with E-state index in [0.29, 0.717) is 6.04 Å². The molecule has 2 aromatic heterocycles. The van der Waals surface area contributed by atoms with Crippen molar-refractivity contribution in [3.63, 3.8) is 0 Å². The summed E-state index contributed by atoms with van der Waals surface area (Å²) in [4.78, 5) is 10.2. The Morgan fingerprint density at radius 3 is 2.58 bits per heavy atom. The van der Waals surface area contributed by atoms with E-state index in [-0.39, 0.29) is 0 Å². The van der Waals surface area contributed by atoms with Crippen molar-refractivity contribution >= 4 is 23.0 Å². The molecule has 0 fully saturated rings. The topological polar surface area (TPSA) is 49.8 Å². The third-order valence-electron chi connectivity index (χ3n) is 3.10. The molecule has 0 amide bonds. The molecule has 0 bridgehead atoms. The summed E-state index contributed by atoms with van der Waals surface area (Å²) in [5.41, 5.74) is 1.06. The highest BCUT2D eigenvalue weighted by molar-refractivity contribution is 7.10. The second-order valence-corrected chi connectivity index (χ2v) is 5.44. The highest BCUT2D eigenvalue weighted by atomic mass is 32.1. The zero-order valence-corrected chi connectivity index (χ0v) is 12.6. The summed E-state index contributed by atoms with van der Waals surface area (Å²) in [5.74, 6) is 2.58. The summed E-state index contributed by atoms with van der Waals surface area (Å²) in [6.07, 6.45) is 1.03. The third kappa shape index (κ3) is 3.04. The van der Waals surface area contributed by atoms with Gasteiger partial charge in [0, 0.05) is 17.5 Å². The summed E-state index contributed by atoms with van der Waals surface area (Å²) >= 11 is 1.77. The van der Waals surface area contributed by atoms with Crippen LogP contribution in [0.15, 0.2) is 17.5 Å². The first-order valence-electron chi connectivity index (χ1n) is 6.48. The molecule has 102 valence electrons. The predicted molar refractivity (Wildman–Crippen MR) is 82.0 cm³/mol. The Balaban J connectivity index is 2.29. The molecule has 1 atom stereocenters. The van der Waals surface area contributed by atoms with E-state index in [0.717, 1.165) is 29.4 Å². The van der Waals surface area contributed by atoms with Crippen LogP contribution >= 0.6 is 11.3 Å². The number of rotatable bonds is 5. The Morgan fingerprint density at radius 1 is 1.26 bits per heavy atom. The number of thiophene rings is 1. The fourth-order valence-corrected chi connectivity index (χ4v) is 2.90. The van der Waals surface area contributed by atoms with E-state index in [4.69, 9.17) is 0 Å². The molecule has 2 aromatic rings. The summed E-state index contributed by atoms with van der Waals surface area (Å²) in [6, 6.07) is 4.55. The Hall–Kier alpha value is -1.62. The Bertz CT molecular complexity index is 537. The van der Waals surface area contributed by atoms with Crippen LogP contribution < -0.4 is 10.6 Å². The van der Waals surface area contributed by atoms with Crippen molar-refractivity contribution in [2.45, 2.75) is 33.2 Å². The van der Waals surface area contributed by atoms with Crippen LogP contribution in [0.1, 0.15) is 35.7 Å². The van der Waals surface area contributed by atoms with Crippen molar-refractivity contribution in [3.05, 3.63) is 33.8 Å². The first-order valence-corrected chi connectivity index (χ1v) is 7.36. The van der Waals surface area contributed by atoms with Crippen LogP contribution in [0.25, 0.3) is 0 Å². The largest absolute Gasteiger partial charge is 0.373 e. The van der Waals surface area contributed by atoms with Gasteiger partial charge in [0.25, 0.3) is 0 Å². The summed E-state index contributed by atoms with van der Waals surface area (Å²) in [7, 11) is 1.88. The molecule has 0 aliphatic carbocycles. The van der Waals surface area contributed by atoms with Gasteiger partial charge in [0.2, 0.25) is 0 Å². The number of hydrogen-bond acceptors (Lipinski definition) is 5. The summed E-state index contributed by atoms with van der Waals surface area (Å²) < 4.78 is 0. The molecule has 0 saturated heterocycles. The molecule has 2 N–H and O–H groups in total. The molecular formula is C14H20N4S. The number of aromatic nitrogens is 2. The van der Waals surface area contributed by atoms with Crippen LogP contribution in [0.3, 0.4) is 0 Å². The van der Waals surface area contributed by atoms with Crippen LogP contribution in [-0.2, 0) is 0 Å². The Morgan fingerprint density at radius 2 is 2.00 bits per heavy atom. The van der Waals surface area contributed by atoms with E-state index in [1.165, 1.54) is 4.88 Å². The van der Waals surface area contributed by atoms with Gasteiger partial charge >= 0.3 is 0 Å². The van der Waals surface area contributed by atoms with Crippen molar-refractivity contribution in [2.75, 3.05) is 17.7 Å². The van der Waals surface area contributed by atoms with Crippen molar-refractivity contribution in [3.8, 4) is 0 Å². The Labute approximate surface area is 118 Å². The monoisotopic (exact) mass is 276 g/mol. The first-order chi connectivity index (χ1) is 9.15. The van der Waals surface area contributed by atoms with Crippen molar-refractivity contribution in [1.29, 1.82) is 0 Å². The maximum atomic E-state index is 4.52. The summed E-state index contributed by atoms with van der Waals surface area (Å²) in [6.45, 7) is 6.13. The quantitative estimate of drug-likeness (QED) is 0.873. The molecule has 19 heavy (non-hydrogen) atoms. The van der Waals surface area contributed by atoms with E-state index in [2.05, 4.69) is 45.0 Å². The van der Waals surface area contributed by atoms with E-state index in [1.54, 1.807) is 11.3 Å².